The lowest BCUT2D eigenvalue weighted by molar-refractivity contribution is -0.155. The standard InChI is InChI=1S/C12H16O5S/c1-4-17-11(13)12(3,14)18(15,16)10-7-5-9(2)6-8-10/h5-8,14H,4H2,1-3H3. The van der Waals surface area contributed by atoms with E-state index in [2.05, 4.69) is 4.74 Å². The normalized spacial score (nSPS) is 14.9. The highest BCUT2D eigenvalue weighted by Crippen LogP contribution is 2.24. The van der Waals surface area contributed by atoms with Gasteiger partial charge in [0, 0.05) is 0 Å². The van der Waals surface area contributed by atoms with Crippen LogP contribution in [0.3, 0.4) is 0 Å². The lowest BCUT2D eigenvalue weighted by atomic mass is 10.2. The smallest absolute Gasteiger partial charge is 0.354 e. The van der Waals surface area contributed by atoms with Crippen molar-refractivity contribution in [3.8, 4) is 0 Å². The molecule has 5 nitrogen and oxygen atoms in total. The lowest BCUT2D eigenvalue weighted by Crippen LogP contribution is -2.44. The molecule has 1 atom stereocenters. The fourth-order valence-corrected chi connectivity index (χ4v) is 2.55. The molecule has 0 aliphatic carbocycles. The molecule has 0 amide bonds. The number of rotatable bonds is 4. The van der Waals surface area contributed by atoms with E-state index in [9.17, 15) is 18.3 Å². The van der Waals surface area contributed by atoms with Crippen molar-refractivity contribution in [3.05, 3.63) is 29.8 Å². The molecular weight excluding hydrogens is 256 g/mol. The molecule has 0 saturated heterocycles. The van der Waals surface area contributed by atoms with Crippen molar-refractivity contribution in [3.63, 3.8) is 0 Å². The van der Waals surface area contributed by atoms with E-state index in [1.165, 1.54) is 19.1 Å². The first-order valence-electron chi connectivity index (χ1n) is 5.44. The van der Waals surface area contributed by atoms with Crippen molar-refractivity contribution in [2.24, 2.45) is 0 Å². The van der Waals surface area contributed by atoms with Gasteiger partial charge in [-0.3, -0.25) is 0 Å². The number of ether oxygens (including phenoxy) is 1. The molecule has 0 aliphatic rings. The van der Waals surface area contributed by atoms with Crippen molar-refractivity contribution >= 4 is 15.8 Å². The number of hydrogen-bond acceptors (Lipinski definition) is 5. The number of carbonyl (C=O) groups excluding carboxylic acids is 1. The number of sulfone groups is 1. The lowest BCUT2D eigenvalue weighted by Gasteiger charge is -2.21. The minimum atomic E-state index is -4.20. The van der Waals surface area contributed by atoms with Crippen molar-refractivity contribution < 1.29 is 23.1 Å². The summed E-state index contributed by atoms with van der Waals surface area (Å²) in [6.45, 7) is 4.25. The monoisotopic (exact) mass is 272 g/mol. The van der Waals surface area contributed by atoms with Gasteiger partial charge in [-0.25, -0.2) is 13.2 Å². The van der Waals surface area contributed by atoms with E-state index in [4.69, 9.17) is 0 Å². The van der Waals surface area contributed by atoms with E-state index >= 15 is 0 Å². The van der Waals surface area contributed by atoms with Gasteiger partial charge >= 0.3 is 5.97 Å². The Hall–Kier alpha value is -1.40. The second-order valence-corrected chi connectivity index (χ2v) is 6.29. The Bertz CT molecular complexity index is 528. The predicted molar refractivity (Wildman–Crippen MR) is 65.6 cm³/mol. The molecule has 0 spiro atoms. The first-order valence-corrected chi connectivity index (χ1v) is 6.92. The van der Waals surface area contributed by atoms with Crippen LogP contribution >= 0.6 is 0 Å². The highest BCUT2D eigenvalue weighted by Gasteiger charge is 2.46. The Morgan fingerprint density at radius 3 is 2.28 bits per heavy atom. The van der Waals surface area contributed by atoms with Crippen LogP contribution in [0.25, 0.3) is 0 Å². The largest absolute Gasteiger partial charge is 0.463 e. The third-order valence-corrected chi connectivity index (χ3v) is 4.61. The second-order valence-electron chi connectivity index (χ2n) is 4.02. The summed E-state index contributed by atoms with van der Waals surface area (Å²) >= 11 is 0. The SMILES string of the molecule is CCOC(=O)C(C)(O)S(=O)(=O)c1ccc(C)cc1. The topological polar surface area (TPSA) is 80.7 Å². The van der Waals surface area contributed by atoms with Gasteiger partial charge in [-0.05, 0) is 32.9 Å². The summed E-state index contributed by atoms with van der Waals surface area (Å²) in [5, 5.41) is 9.90. The maximum absolute atomic E-state index is 12.1. The van der Waals surface area contributed by atoms with E-state index in [1.54, 1.807) is 19.1 Å². The summed E-state index contributed by atoms with van der Waals surface area (Å²) < 4.78 is 28.8. The maximum Gasteiger partial charge on any atom is 0.354 e. The Morgan fingerprint density at radius 1 is 1.33 bits per heavy atom. The Labute approximate surface area is 106 Å². The van der Waals surface area contributed by atoms with Crippen molar-refractivity contribution in [2.45, 2.75) is 30.6 Å². The van der Waals surface area contributed by atoms with Gasteiger partial charge in [0.2, 0.25) is 9.84 Å². The third-order valence-electron chi connectivity index (χ3n) is 2.51. The average molecular weight is 272 g/mol. The summed E-state index contributed by atoms with van der Waals surface area (Å²) in [5.74, 6) is -1.18. The van der Waals surface area contributed by atoms with Crippen LogP contribution in [0.2, 0.25) is 0 Å². The van der Waals surface area contributed by atoms with Gasteiger partial charge in [-0.15, -0.1) is 0 Å². The summed E-state index contributed by atoms with van der Waals surface area (Å²) in [5.41, 5.74) is 0.879. The number of aryl methyl sites for hydroxylation is 1. The Balaban J connectivity index is 3.21. The molecule has 1 aromatic rings. The molecule has 18 heavy (non-hydrogen) atoms. The fourth-order valence-electron chi connectivity index (χ4n) is 1.32. The van der Waals surface area contributed by atoms with Crippen LogP contribution in [0.15, 0.2) is 29.2 Å². The minimum absolute atomic E-state index is 0.00159. The minimum Gasteiger partial charge on any atom is -0.463 e. The van der Waals surface area contributed by atoms with Crippen LogP contribution in [0.5, 0.6) is 0 Å². The van der Waals surface area contributed by atoms with Gasteiger partial charge in [0.15, 0.2) is 0 Å². The van der Waals surface area contributed by atoms with Gasteiger partial charge < -0.3 is 9.84 Å². The third kappa shape index (κ3) is 2.54. The first-order chi connectivity index (χ1) is 8.23. The zero-order chi connectivity index (χ0) is 14.0. The van der Waals surface area contributed by atoms with E-state index in [-0.39, 0.29) is 11.5 Å². The van der Waals surface area contributed by atoms with Crippen molar-refractivity contribution in [1.82, 2.24) is 0 Å². The fraction of sp³-hybridized carbons (Fsp3) is 0.417. The van der Waals surface area contributed by atoms with Crippen molar-refractivity contribution in [2.75, 3.05) is 6.61 Å². The Kier molecular flexibility index (Phi) is 4.13. The molecule has 0 heterocycles. The van der Waals surface area contributed by atoms with Crippen LogP contribution < -0.4 is 0 Å². The van der Waals surface area contributed by atoms with E-state index in [0.717, 1.165) is 12.5 Å². The quantitative estimate of drug-likeness (QED) is 0.828. The Morgan fingerprint density at radius 2 is 1.83 bits per heavy atom. The number of aliphatic hydroxyl groups is 1. The van der Waals surface area contributed by atoms with Crippen LogP contribution in [0.4, 0.5) is 0 Å². The molecule has 0 fully saturated rings. The van der Waals surface area contributed by atoms with E-state index in [0.29, 0.717) is 0 Å². The molecule has 0 aliphatic heterocycles. The summed E-state index contributed by atoms with van der Waals surface area (Å²) in [6, 6.07) is 5.87. The van der Waals surface area contributed by atoms with E-state index < -0.39 is 20.7 Å². The van der Waals surface area contributed by atoms with Crippen LogP contribution in [-0.4, -0.2) is 31.0 Å². The zero-order valence-corrected chi connectivity index (χ0v) is 11.3. The van der Waals surface area contributed by atoms with Gasteiger partial charge in [-0.2, -0.15) is 0 Å². The van der Waals surface area contributed by atoms with Crippen LogP contribution in [-0.2, 0) is 19.4 Å². The molecule has 6 heteroatoms. The molecule has 1 rings (SSSR count). The molecule has 0 aromatic heterocycles. The van der Waals surface area contributed by atoms with E-state index in [1.807, 2.05) is 0 Å². The van der Waals surface area contributed by atoms with Crippen LogP contribution in [0, 0.1) is 6.92 Å². The maximum atomic E-state index is 12.1. The van der Waals surface area contributed by atoms with Crippen LogP contribution in [0.1, 0.15) is 19.4 Å². The average Bonchev–Trinajstić information content (AvgIpc) is 2.29. The predicted octanol–water partition coefficient (Wildman–Crippen LogP) is 1.04. The molecule has 1 N–H and O–H groups in total. The molecule has 1 aromatic carbocycles. The first kappa shape index (κ1) is 14.7. The molecule has 100 valence electrons. The molecule has 0 radical (unpaired) electrons. The summed E-state index contributed by atoms with van der Waals surface area (Å²) in [6.07, 6.45) is 0. The number of benzene rings is 1. The summed E-state index contributed by atoms with van der Waals surface area (Å²) in [7, 11) is -4.20. The second kappa shape index (κ2) is 5.07. The van der Waals surface area contributed by atoms with Gasteiger partial charge in [-0.1, -0.05) is 17.7 Å². The molecule has 0 saturated carbocycles. The highest BCUT2D eigenvalue weighted by molar-refractivity contribution is 7.93. The summed E-state index contributed by atoms with van der Waals surface area (Å²) in [4.78, 5) is 8.80. The number of esters is 1. The number of hydrogen-bond donors (Lipinski definition) is 1. The molecule has 1 unspecified atom stereocenters. The molecule has 0 bridgehead atoms. The highest BCUT2D eigenvalue weighted by atomic mass is 32.2. The zero-order valence-electron chi connectivity index (χ0n) is 10.5. The van der Waals surface area contributed by atoms with Gasteiger partial charge in [0.25, 0.3) is 4.93 Å². The van der Waals surface area contributed by atoms with Crippen molar-refractivity contribution in [1.29, 1.82) is 0 Å². The molecular formula is C12H16O5S. The number of carbonyl (C=O) groups is 1. The van der Waals surface area contributed by atoms with Gasteiger partial charge in [0.05, 0.1) is 11.5 Å². The van der Waals surface area contributed by atoms with Gasteiger partial charge in [0.1, 0.15) is 0 Å².